The SMILES string of the molecule is CCc1ccc(CN(C)CC[C@H]2CCCCO2)o1. The van der Waals surface area contributed by atoms with Crippen molar-refractivity contribution in [3.05, 3.63) is 23.7 Å². The summed E-state index contributed by atoms with van der Waals surface area (Å²) in [6.45, 7) is 5.04. The lowest BCUT2D eigenvalue weighted by Crippen LogP contribution is -2.26. The lowest BCUT2D eigenvalue weighted by atomic mass is 10.1. The first-order valence-electron chi connectivity index (χ1n) is 7.15. The first-order chi connectivity index (χ1) is 8.78. The molecule has 0 saturated carbocycles. The Balaban J connectivity index is 1.69. The summed E-state index contributed by atoms with van der Waals surface area (Å²) in [5.41, 5.74) is 0. The van der Waals surface area contributed by atoms with Crippen LogP contribution < -0.4 is 0 Å². The largest absolute Gasteiger partial charge is 0.465 e. The van der Waals surface area contributed by atoms with Gasteiger partial charge in [0, 0.05) is 19.6 Å². The Morgan fingerprint density at radius 3 is 2.78 bits per heavy atom. The summed E-state index contributed by atoms with van der Waals surface area (Å²) in [6.07, 6.45) is 6.38. The average molecular weight is 251 g/mol. The topological polar surface area (TPSA) is 25.6 Å². The van der Waals surface area contributed by atoms with Gasteiger partial charge in [0.25, 0.3) is 0 Å². The van der Waals surface area contributed by atoms with E-state index in [0.29, 0.717) is 6.10 Å². The van der Waals surface area contributed by atoms with Gasteiger partial charge >= 0.3 is 0 Å². The third-order valence-corrected chi connectivity index (χ3v) is 3.60. The van der Waals surface area contributed by atoms with Crippen molar-refractivity contribution in [2.45, 2.75) is 51.7 Å². The van der Waals surface area contributed by atoms with Gasteiger partial charge in [-0.1, -0.05) is 6.92 Å². The lowest BCUT2D eigenvalue weighted by Gasteiger charge is -2.24. The number of furan rings is 1. The second kappa shape index (κ2) is 6.95. The molecular formula is C15H25NO2. The Hall–Kier alpha value is -0.800. The maximum Gasteiger partial charge on any atom is 0.118 e. The zero-order valence-electron chi connectivity index (χ0n) is 11.7. The summed E-state index contributed by atoms with van der Waals surface area (Å²) in [7, 11) is 2.15. The van der Waals surface area contributed by atoms with Crippen molar-refractivity contribution in [1.82, 2.24) is 4.90 Å². The molecule has 3 nitrogen and oxygen atoms in total. The van der Waals surface area contributed by atoms with E-state index in [1.165, 1.54) is 19.3 Å². The van der Waals surface area contributed by atoms with E-state index >= 15 is 0 Å². The quantitative estimate of drug-likeness (QED) is 0.776. The summed E-state index contributed by atoms with van der Waals surface area (Å²) in [6, 6.07) is 4.17. The Morgan fingerprint density at radius 2 is 2.11 bits per heavy atom. The summed E-state index contributed by atoms with van der Waals surface area (Å²) < 4.78 is 11.5. The molecule has 2 heterocycles. The molecule has 1 aliphatic rings. The van der Waals surface area contributed by atoms with Gasteiger partial charge in [0.1, 0.15) is 11.5 Å². The molecule has 0 aliphatic carbocycles. The third kappa shape index (κ3) is 4.14. The van der Waals surface area contributed by atoms with Crippen molar-refractivity contribution in [3.8, 4) is 0 Å². The van der Waals surface area contributed by atoms with Crippen LogP contribution in [0.5, 0.6) is 0 Å². The zero-order chi connectivity index (χ0) is 12.8. The summed E-state index contributed by atoms with van der Waals surface area (Å²) >= 11 is 0. The van der Waals surface area contributed by atoms with Crippen molar-refractivity contribution in [2.24, 2.45) is 0 Å². The van der Waals surface area contributed by atoms with Gasteiger partial charge in [-0.15, -0.1) is 0 Å². The fourth-order valence-corrected chi connectivity index (χ4v) is 2.44. The monoisotopic (exact) mass is 251 g/mol. The molecule has 0 N–H and O–H groups in total. The Bertz CT molecular complexity index is 342. The molecule has 3 heteroatoms. The van der Waals surface area contributed by atoms with Crippen LogP contribution in [0.2, 0.25) is 0 Å². The predicted octanol–water partition coefficient (Wildman–Crippen LogP) is 3.23. The van der Waals surface area contributed by atoms with Crippen molar-refractivity contribution < 1.29 is 9.15 Å². The normalized spacial score (nSPS) is 20.5. The van der Waals surface area contributed by atoms with Crippen LogP contribution in [0.15, 0.2) is 16.5 Å². The van der Waals surface area contributed by atoms with Crippen molar-refractivity contribution in [1.29, 1.82) is 0 Å². The number of hydrogen-bond acceptors (Lipinski definition) is 3. The molecule has 2 rings (SSSR count). The molecule has 18 heavy (non-hydrogen) atoms. The molecule has 0 radical (unpaired) electrons. The first kappa shape index (κ1) is 13.6. The van der Waals surface area contributed by atoms with Crippen LogP contribution in [-0.4, -0.2) is 31.2 Å². The molecule has 1 aromatic heterocycles. The maximum absolute atomic E-state index is 5.75. The average Bonchev–Trinajstić information content (AvgIpc) is 2.85. The Kier molecular flexibility index (Phi) is 5.26. The highest BCUT2D eigenvalue weighted by atomic mass is 16.5. The van der Waals surface area contributed by atoms with E-state index in [1.54, 1.807) is 0 Å². The van der Waals surface area contributed by atoms with Gasteiger partial charge in [-0.3, -0.25) is 4.90 Å². The van der Waals surface area contributed by atoms with E-state index < -0.39 is 0 Å². The minimum Gasteiger partial charge on any atom is -0.465 e. The van der Waals surface area contributed by atoms with Crippen LogP contribution in [0, 0.1) is 0 Å². The van der Waals surface area contributed by atoms with E-state index in [-0.39, 0.29) is 0 Å². The van der Waals surface area contributed by atoms with Crippen LogP contribution >= 0.6 is 0 Å². The van der Waals surface area contributed by atoms with Gasteiger partial charge in [0.2, 0.25) is 0 Å². The zero-order valence-corrected chi connectivity index (χ0v) is 11.7. The van der Waals surface area contributed by atoms with E-state index in [4.69, 9.17) is 9.15 Å². The number of aryl methyl sites for hydroxylation is 1. The van der Waals surface area contributed by atoms with Crippen molar-refractivity contribution in [2.75, 3.05) is 20.2 Å². The molecule has 1 atom stereocenters. The molecule has 102 valence electrons. The van der Waals surface area contributed by atoms with Gasteiger partial charge < -0.3 is 9.15 Å². The van der Waals surface area contributed by atoms with Crippen molar-refractivity contribution >= 4 is 0 Å². The smallest absolute Gasteiger partial charge is 0.118 e. The number of hydrogen-bond donors (Lipinski definition) is 0. The highest BCUT2D eigenvalue weighted by Crippen LogP contribution is 2.16. The molecular weight excluding hydrogens is 226 g/mol. The van der Waals surface area contributed by atoms with Gasteiger partial charge in [-0.2, -0.15) is 0 Å². The van der Waals surface area contributed by atoms with Crippen molar-refractivity contribution in [3.63, 3.8) is 0 Å². The van der Waals surface area contributed by atoms with Gasteiger partial charge in [-0.05, 0) is 44.9 Å². The number of ether oxygens (including phenoxy) is 1. The summed E-state index contributed by atoms with van der Waals surface area (Å²) in [5, 5.41) is 0. The second-order valence-corrected chi connectivity index (χ2v) is 5.24. The minimum atomic E-state index is 0.476. The third-order valence-electron chi connectivity index (χ3n) is 3.60. The highest BCUT2D eigenvalue weighted by molar-refractivity contribution is 5.06. The standard InChI is InChI=1S/C15H25NO2/c1-3-13-7-8-15(18-13)12-16(2)10-9-14-6-4-5-11-17-14/h7-8,14H,3-6,9-12H2,1-2H3/t14-/m1/s1. The molecule has 1 aromatic rings. The molecule has 0 bridgehead atoms. The highest BCUT2D eigenvalue weighted by Gasteiger charge is 2.14. The molecule has 1 saturated heterocycles. The Labute approximate surface area is 110 Å². The van der Waals surface area contributed by atoms with E-state index in [2.05, 4.69) is 31.0 Å². The molecule has 1 aliphatic heterocycles. The maximum atomic E-state index is 5.75. The van der Waals surface area contributed by atoms with Crippen LogP contribution in [0.4, 0.5) is 0 Å². The fraction of sp³-hybridized carbons (Fsp3) is 0.733. The molecule has 0 aromatic carbocycles. The summed E-state index contributed by atoms with van der Waals surface area (Å²) in [5.74, 6) is 2.15. The number of nitrogens with zero attached hydrogens (tertiary/aromatic N) is 1. The van der Waals surface area contributed by atoms with Gasteiger partial charge in [-0.25, -0.2) is 0 Å². The first-order valence-corrected chi connectivity index (χ1v) is 7.15. The van der Waals surface area contributed by atoms with Crippen LogP contribution in [-0.2, 0) is 17.7 Å². The minimum absolute atomic E-state index is 0.476. The van der Waals surface area contributed by atoms with Crippen LogP contribution in [0.3, 0.4) is 0 Å². The van der Waals surface area contributed by atoms with Crippen LogP contribution in [0.25, 0.3) is 0 Å². The van der Waals surface area contributed by atoms with Gasteiger partial charge in [0.05, 0.1) is 12.6 Å². The van der Waals surface area contributed by atoms with Crippen LogP contribution in [0.1, 0.15) is 44.1 Å². The Morgan fingerprint density at radius 1 is 1.28 bits per heavy atom. The van der Waals surface area contributed by atoms with E-state index in [1.807, 2.05) is 0 Å². The second-order valence-electron chi connectivity index (χ2n) is 5.24. The van der Waals surface area contributed by atoms with E-state index in [9.17, 15) is 0 Å². The summed E-state index contributed by atoms with van der Waals surface area (Å²) in [4.78, 5) is 2.32. The molecule has 1 fully saturated rings. The molecule has 0 unspecified atom stereocenters. The van der Waals surface area contributed by atoms with Gasteiger partial charge in [0.15, 0.2) is 0 Å². The lowest BCUT2D eigenvalue weighted by molar-refractivity contribution is 0.00614. The number of rotatable bonds is 6. The fourth-order valence-electron chi connectivity index (χ4n) is 2.44. The molecule has 0 spiro atoms. The van der Waals surface area contributed by atoms with E-state index in [0.717, 1.165) is 44.1 Å². The predicted molar refractivity (Wildman–Crippen MR) is 72.6 cm³/mol. The molecule has 0 amide bonds.